The summed E-state index contributed by atoms with van der Waals surface area (Å²) >= 11 is 0. The van der Waals surface area contributed by atoms with Crippen LogP contribution in [-0.4, -0.2) is 16.3 Å². The van der Waals surface area contributed by atoms with E-state index in [2.05, 4.69) is 21.9 Å². The van der Waals surface area contributed by atoms with Gasteiger partial charge in [-0.05, 0) is 25.7 Å². The third-order valence-electron chi connectivity index (χ3n) is 3.03. The first-order chi connectivity index (χ1) is 8.11. The molecule has 0 spiro atoms. The van der Waals surface area contributed by atoms with Gasteiger partial charge >= 0.3 is 0 Å². The van der Waals surface area contributed by atoms with Gasteiger partial charge in [0.25, 0.3) is 0 Å². The summed E-state index contributed by atoms with van der Waals surface area (Å²) < 4.78 is 2.05. The fourth-order valence-corrected chi connectivity index (χ4v) is 1.77. The highest BCUT2D eigenvalue weighted by Gasteiger charge is 2.10. The Morgan fingerprint density at radius 3 is 2.47 bits per heavy atom. The minimum atomic E-state index is -0.941. The lowest BCUT2D eigenvalue weighted by Gasteiger charge is -2.02. The van der Waals surface area contributed by atoms with Crippen LogP contribution in [0, 0.1) is 13.8 Å². The molecule has 17 heavy (non-hydrogen) atoms. The number of aliphatic carboxylic acids is 1. The van der Waals surface area contributed by atoms with Gasteiger partial charge in [-0.3, -0.25) is 0 Å². The van der Waals surface area contributed by atoms with Crippen molar-refractivity contribution >= 4 is 5.97 Å². The minimum absolute atomic E-state index is 0.188. The maximum atomic E-state index is 10.2. The van der Waals surface area contributed by atoms with E-state index in [1.165, 1.54) is 5.69 Å². The molecule has 0 fully saturated rings. The first-order valence-corrected chi connectivity index (χ1v) is 6.22. The number of carbonyl (C=O) groups is 1. The van der Waals surface area contributed by atoms with E-state index in [0.29, 0.717) is 0 Å². The van der Waals surface area contributed by atoms with E-state index < -0.39 is 5.97 Å². The molecule has 0 saturated heterocycles. The molecule has 1 N–H and O–H groups in total. The van der Waals surface area contributed by atoms with Crippen molar-refractivity contribution in [1.29, 1.82) is 0 Å². The van der Waals surface area contributed by atoms with Crippen LogP contribution in [0.5, 0.6) is 0 Å². The molecule has 5 heteroatoms. The van der Waals surface area contributed by atoms with Gasteiger partial charge in [0.05, 0.1) is 0 Å². The highest BCUT2D eigenvalue weighted by Crippen LogP contribution is 2.05. The number of hydrogen-bond donors (Lipinski definition) is 1. The predicted octanol–water partition coefficient (Wildman–Crippen LogP) is 0.405. The van der Waals surface area contributed by atoms with E-state index >= 15 is 0 Å². The molecule has 1 aromatic heterocycles. The number of unbranched alkanes of at least 4 members (excludes halogenated alkanes) is 4. The Morgan fingerprint density at radius 2 is 1.88 bits per heavy atom. The van der Waals surface area contributed by atoms with Crippen molar-refractivity contribution in [3.8, 4) is 0 Å². The van der Waals surface area contributed by atoms with Crippen molar-refractivity contribution in [2.45, 2.75) is 58.9 Å². The second kappa shape index (κ2) is 7.04. The minimum Gasteiger partial charge on any atom is -0.550 e. The van der Waals surface area contributed by atoms with Crippen LogP contribution in [0.15, 0.2) is 0 Å². The second-order valence-electron chi connectivity index (χ2n) is 4.42. The number of hydrogen-bond acceptors (Lipinski definition) is 3. The summed E-state index contributed by atoms with van der Waals surface area (Å²) in [6, 6.07) is 0. The van der Waals surface area contributed by atoms with Crippen molar-refractivity contribution in [3.63, 3.8) is 0 Å². The molecule has 1 heterocycles. The van der Waals surface area contributed by atoms with Gasteiger partial charge in [-0.15, -0.1) is 0 Å². The quantitative estimate of drug-likeness (QED) is 0.527. The molecule has 0 aliphatic carbocycles. The Hall–Kier alpha value is -1.39. The molecule has 0 atom stereocenters. The highest BCUT2D eigenvalue weighted by atomic mass is 16.4. The molecule has 0 bridgehead atoms. The Labute approximate surface area is 102 Å². The molecule has 5 nitrogen and oxygen atoms in total. The molecule has 0 aromatic carbocycles. The zero-order chi connectivity index (χ0) is 12.7. The fourth-order valence-electron chi connectivity index (χ4n) is 1.77. The van der Waals surface area contributed by atoms with Crippen LogP contribution in [0.4, 0.5) is 0 Å². The van der Waals surface area contributed by atoms with Crippen LogP contribution in [0.3, 0.4) is 0 Å². The zero-order valence-corrected chi connectivity index (χ0v) is 10.7. The fraction of sp³-hybridized carbons (Fsp3) is 0.750. The van der Waals surface area contributed by atoms with Crippen LogP contribution in [-0.2, 0) is 11.3 Å². The lowest BCUT2D eigenvalue weighted by Crippen LogP contribution is -2.38. The van der Waals surface area contributed by atoms with Gasteiger partial charge in [0.1, 0.15) is 6.54 Å². The van der Waals surface area contributed by atoms with E-state index in [1.54, 1.807) is 0 Å². The van der Waals surface area contributed by atoms with Crippen molar-refractivity contribution < 1.29 is 14.6 Å². The molecule has 1 rings (SSSR count). The summed E-state index contributed by atoms with van der Waals surface area (Å²) in [5.74, 6) is -0.941. The van der Waals surface area contributed by atoms with Crippen LogP contribution >= 0.6 is 0 Å². The number of aromatic amines is 1. The van der Waals surface area contributed by atoms with Crippen LogP contribution in [0.25, 0.3) is 0 Å². The molecule has 0 radical (unpaired) electrons. The monoisotopic (exact) mass is 239 g/mol. The first kappa shape index (κ1) is 13.7. The number of aromatic nitrogens is 3. The molecule has 96 valence electrons. The summed E-state index contributed by atoms with van der Waals surface area (Å²) in [5, 5.41) is 17.3. The Morgan fingerprint density at radius 1 is 1.24 bits per heavy atom. The largest absolute Gasteiger partial charge is 0.550 e. The normalized spacial score (nSPS) is 10.7. The van der Waals surface area contributed by atoms with Crippen molar-refractivity contribution in [3.05, 3.63) is 11.4 Å². The van der Waals surface area contributed by atoms with Crippen molar-refractivity contribution in [2.24, 2.45) is 0 Å². The maximum Gasteiger partial charge on any atom is 0.218 e. The lowest BCUT2D eigenvalue weighted by atomic mass is 10.1. The average molecular weight is 239 g/mol. The zero-order valence-electron chi connectivity index (χ0n) is 10.7. The van der Waals surface area contributed by atoms with Crippen LogP contribution in [0.1, 0.15) is 49.9 Å². The molecule has 0 aliphatic heterocycles. The number of nitrogens with one attached hydrogen (secondary N) is 1. The maximum absolute atomic E-state index is 10.2. The summed E-state index contributed by atoms with van der Waals surface area (Å²) in [7, 11) is 0. The van der Waals surface area contributed by atoms with E-state index in [-0.39, 0.29) is 6.42 Å². The molecule has 0 aliphatic rings. The van der Waals surface area contributed by atoms with E-state index in [9.17, 15) is 9.90 Å². The molecular formula is C12H21N3O2. The smallest absolute Gasteiger partial charge is 0.218 e. The van der Waals surface area contributed by atoms with Gasteiger partial charge in [-0.25, -0.2) is 0 Å². The Kier molecular flexibility index (Phi) is 5.66. The van der Waals surface area contributed by atoms with Crippen LogP contribution in [0.2, 0.25) is 0 Å². The first-order valence-electron chi connectivity index (χ1n) is 6.22. The Bertz CT molecular complexity index is 361. The average Bonchev–Trinajstić information content (AvgIpc) is 2.59. The molecular weight excluding hydrogens is 218 g/mol. The van der Waals surface area contributed by atoms with Gasteiger partial charge in [0.15, 0.2) is 5.69 Å². The standard InChI is InChI=1S/C12H21N3O2/c1-10-11(2)15(14-13-10)9-7-5-3-4-6-8-12(16)17/h3-9H2,1-2H3,(H,16,17). The topological polar surface area (TPSA) is 72.7 Å². The molecule has 0 unspecified atom stereocenters. The number of H-pyrrole nitrogens is 1. The third-order valence-corrected chi connectivity index (χ3v) is 3.03. The number of rotatable bonds is 8. The van der Waals surface area contributed by atoms with Gasteiger partial charge in [-0.2, -0.15) is 4.68 Å². The summed E-state index contributed by atoms with van der Waals surface area (Å²) in [6.45, 7) is 4.99. The summed E-state index contributed by atoms with van der Waals surface area (Å²) in [4.78, 5) is 10.2. The van der Waals surface area contributed by atoms with E-state index in [0.717, 1.165) is 44.3 Å². The van der Waals surface area contributed by atoms with Gasteiger partial charge in [0.2, 0.25) is 5.69 Å². The number of carboxylic acid groups (broad SMARTS) is 1. The number of carbonyl (C=O) groups excluding carboxylic acids is 1. The number of aryl methyl sites for hydroxylation is 2. The Balaban J connectivity index is 2.05. The van der Waals surface area contributed by atoms with Crippen molar-refractivity contribution in [1.82, 2.24) is 10.3 Å². The predicted molar refractivity (Wildman–Crippen MR) is 61.0 cm³/mol. The second-order valence-corrected chi connectivity index (χ2v) is 4.42. The van der Waals surface area contributed by atoms with Gasteiger partial charge < -0.3 is 9.90 Å². The summed E-state index contributed by atoms with van der Waals surface area (Å²) in [5.41, 5.74) is 2.22. The molecule has 1 aromatic rings. The number of carboxylic acids is 1. The lowest BCUT2D eigenvalue weighted by molar-refractivity contribution is -0.759. The van der Waals surface area contributed by atoms with Crippen molar-refractivity contribution in [2.75, 3.05) is 0 Å². The van der Waals surface area contributed by atoms with Gasteiger partial charge in [-0.1, -0.05) is 18.1 Å². The highest BCUT2D eigenvalue weighted by molar-refractivity contribution is 5.63. The SMILES string of the molecule is Cc1n[nH][n+](CCCCCCCC(=O)[O-])c1C. The van der Waals surface area contributed by atoms with E-state index in [1.807, 2.05) is 6.92 Å². The van der Waals surface area contributed by atoms with Gasteiger partial charge in [0, 0.05) is 24.9 Å². The number of nitrogens with zero attached hydrogens (tertiary/aromatic N) is 2. The summed E-state index contributed by atoms with van der Waals surface area (Å²) in [6.07, 6.45) is 5.20. The molecule has 0 saturated carbocycles. The van der Waals surface area contributed by atoms with Crippen LogP contribution < -0.4 is 9.79 Å². The van der Waals surface area contributed by atoms with E-state index in [4.69, 9.17) is 0 Å². The third kappa shape index (κ3) is 4.97. The molecule has 0 amide bonds.